The van der Waals surface area contributed by atoms with Crippen molar-refractivity contribution in [1.29, 1.82) is 0 Å². The summed E-state index contributed by atoms with van der Waals surface area (Å²) in [7, 11) is 1.38. The van der Waals surface area contributed by atoms with Crippen molar-refractivity contribution in [2.75, 3.05) is 13.7 Å². The number of carboxylic acid groups (broad SMARTS) is 1. The van der Waals surface area contributed by atoms with Gasteiger partial charge in [0.25, 0.3) is 0 Å². The molecule has 0 aliphatic rings. The number of carbonyl (C=O) groups is 1. The van der Waals surface area contributed by atoms with Crippen LogP contribution in [-0.4, -0.2) is 37.0 Å². The van der Waals surface area contributed by atoms with Crippen molar-refractivity contribution in [3.8, 4) is 0 Å². The van der Waals surface area contributed by atoms with Crippen LogP contribution in [0.2, 0.25) is 0 Å². The molecule has 2 atom stereocenters. The highest BCUT2D eigenvalue weighted by atomic mass is 16.5. The Morgan fingerprint density at radius 2 is 2.07 bits per heavy atom. The van der Waals surface area contributed by atoms with Gasteiger partial charge in [0.2, 0.25) is 0 Å². The molecule has 0 aliphatic heterocycles. The van der Waals surface area contributed by atoms with Crippen LogP contribution in [0.15, 0.2) is 0 Å². The van der Waals surface area contributed by atoms with Crippen LogP contribution in [0.4, 0.5) is 0 Å². The molecule has 0 fully saturated rings. The standard InChI is InChI=1S/C10H20O4/c1-4-5-6-7-14-8(2)9(13-3)10(11)12/h8-9H,4-7H2,1-3H3,(H,11,12). The molecule has 84 valence electrons. The van der Waals surface area contributed by atoms with E-state index in [9.17, 15) is 4.79 Å². The molecule has 0 aromatic heterocycles. The lowest BCUT2D eigenvalue weighted by molar-refractivity contribution is -0.157. The minimum Gasteiger partial charge on any atom is -0.479 e. The zero-order valence-corrected chi connectivity index (χ0v) is 9.16. The summed E-state index contributed by atoms with van der Waals surface area (Å²) < 4.78 is 10.2. The average molecular weight is 204 g/mol. The summed E-state index contributed by atoms with van der Waals surface area (Å²) in [6.45, 7) is 4.43. The van der Waals surface area contributed by atoms with Gasteiger partial charge < -0.3 is 14.6 Å². The zero-order valence-electron chi connectivity index (χ0n) is 9.16. The molecular formula is C10H20O4. The molecule has 1 N–H and O–H groups in total. The Hall–Kier alpha value is -0.610. The third kappa shape index (κ3) is 5.19. The molecule has 0 aromatic carbocycles. The van der Waals surface area contributed by atoms with E-state index in [2.05, 4.69) is 6.92 Å². The second-order valence-electron chi connectivity index (χ2n) is 3.28. The molecule has 14 heavy (non-hydrogen) atoms. The van der Waals surface area contributed by atoms with E-state index in [4.69, 9.17) is 14.6 Å². The van der Waals surface area contributed by atoms with Gasteiger partial charge in [-0.05, 0) is 13.3 Å². The third-order valence-electron chi connectivity index (χ3n) is 2.05. The van der Waals surface area contributed by atoms with Gasteiger partial charge in [0.1, 0.15) is 0 Å². The first-order valence-corrected chi connectivity index (χ1v) is 5.00. The maximum atomic E-state index is 10.7. The number of rotatable bonds is 8. The van der Waals surface area contributed by atoms with Gasteiger partial charge in [0.15, 0.2) is 6.10 Å². The van der Waals surface area contributed by atoms with Crippen LogP contribution in [0.5, 0.6) is 0 Å². The van der Waals surface area contributed by atoms with Crippen molar-refractivity contribution in [2.24, 2.45) is 0 Å². The zero-order chi connectivity index (χ0) is 11.0. The summed E-state index contributed by atoms with van der Waals surface area (Å²) in [4.78, 5) is 10.7. The topological polar surface area (TPSA) is 55.8 Å². The van der Waals surface area contributed by atoms with Gasteiger partial charge in [-0.3, -0.25) is 0 Å². The van der Waals surface area contributed by atoms with E-state index >= 15 is 0 Å². The lowest BCUT2D eigenvalue weighted by Gasteiger charge is -2.19. The van der Waals surface area contributed by atoms with Crippen LogP contribution in [0.1, 0.15) is 33.1 Å². The fourth-order valence-electron chi connectivity index (χ4n) is 1.20. The molecule has 0 rings (SSSR count). The van der Waals surface area contributed by atoms with Crippen molar-refractivity contribution < 1.29 is 19.4 Å². The van der Waals surface area contributed by atoms with Gasteiger partial charge in [-0.2, -0.15) is 0 Å². The third-order valence-corrected chi connectivity index (χ3v) is 2.05. The van der Waals surface area contributed by atoms with Crippen molar-refractivity contribution in [3.05, 3.63) is 0 Å². The molecule has 0 heterocycles. The highest BCUT2D eigenvalue weighted by molar-refractivity contribution is 5.73. The van der Waals surface area contributed by atoms with Crippen molar-refractivity contribution in [3.63, 3.8) is 0 Å². The van der Waals surface area contributed by atoms with Gasteiger partial charge in [0, 0.05) is 13.7 Å². The molecule has 4 heteroatoms. The summed E-state index contributed by atoms with van der Waals surface area (Å²) in [5.41, 5.74) is 0. The Bertz CT molecular complexity index is 158. The predicted molar refractivity (Wildman–Crippen MR) is 53.4 cm³/mol. The second-order valence-corrected chi connectivity index (χ2v) is 3.28. The highest BCUT2D eigenvalue weighted by Gasteiger charge is 2.24. The fourth-order valence-corrected chi connectivity index (χ4v) is 1.20. The Labute approximate surface area is 85.2 Å². The number of hydrogen-bond donors (Lipinski definition) is 1. The molecule has 0 radical (unpaired) electrons. The number of hydrogen-bond acceptors (Lipinski definition) is 3. The van der Waals surface area contributed by atoms with E-state index < -0.39 is 18.2 Å². The van der Waals surface area contributed by atoms with E-state index in [-0.39, 0.29) is 0 Å². The van der Waals surface area contributed by atoms with Gasteiger partial charge >= 0.3 is 5.97 Å². The summed E-state index contributed by atoms with van der Waals surface area (Å²) in [5, 5.41) is 8.74. The van der Waals surface area contributed by atoms with E-state index in [1.807, 2.05) is 0 Å². The van der Waals surface area contributed by atoms with Crippen molar-refractivity contribution in [2.45, 2.75) is 45.3 Å². The summed E-state index contributed by atoms with van der Waals surface area (Å²) in [6, 6.07) is 0. The van der Waals surface area contributed by atoms with Gasteiger partial charge in [0.05, 0.1) is 6.10 Å². The minimum absolute atomic E-state index is 0.394. The van der Waals surface area contributed by atoms with Crippen molar-refractivity contribution >= 4 is 5.97 Å². The first-order chi connectivity index (χ1) is 6.63. The molecule has 0 bridgehead atoms. The van der Waals surface area contributed by atoms with Crippen molar-refractivity contribution in [1.82, 2.24) is 0 Å². The normalized spacial score (nSPS) is 15.1. The van der Waals surface area contributed by atoms with E-state index in [0.29, 0.717) is 6.61 Å². The Morgan fingerprint density at radius 3 is 2.50 bits per heavy atom. The first kappa shape index (κ1) is 13.4. The van der Waals surface area contributed by atoms with Crippen LogP contribution in [0.25, 0.3) is 0 Å². The Balaban J connectivity index is 3.69. The molecule has 0 aliphatic carbocycles. The molecule has 0 amide bonds. The van der Waals surface area contributed by atoms with Gasteiger partial charge in [-0.25, -0.2) is 4.79 Å². The van der Waals surface area contributed by atoms with E-state index in [0.717, 1.165) is 19.3 Å². The second kappa shape index (κ2) is 7.76. The smallest absolute Gasteiger partial charge is 0.335 e. The first-order valence-electron chi connectivity index (χ1n) is 5.00. The summed E-state index contributed by atoms with van der Waals surface area (Å²) >= 11 is 0. The van der Waals surface area contributed by atoms with Crippen LogP contribution < -0.4 is 0 Å². The van der Waals surface area contributed by atoms with E-state index in [1.165, 1.54) is 7.11 Å². The van der Waals surface area contributed by atoms with Gasteiger partial charge in [-0.15, -0.1) is 0 Å². The Kier molecular flexibility index (Phi) is 7.42. The number of methoxy groups -OCH3 is 1. The highest BCUT2D eigenvalue weighted by Crippen LogP contribution is 2.05. The molecule has 0 saturated carbocycles. The van der Waals surface area contributed by atoms with Gasteiger partial charge in [-0.1, -0.05) is 19.8 Å². The molecule has 2 unspecified atom stereocenters. The monoisotopic (exact) mass is 204 g/mol. The summed E-state index contributed by atoms with van der Waals surface area (Å²) in [5.74, 6) is -0.976. The van der Waals surface area contributed by atoms with Crippen LogP contribution in [0, 0.1) is 0 Å². The number of carboxylic acids is 1. The number of aliphatic carboxylic acids is 1. The minimum atomic E-state index is -0.976. The number of unbranched alkanes of at least 4 members (excludes halogenated alkanes) is 2. The SMILES string of the molecule is CCCCCOC(C)C(OC)C(=O)O. The molecule has 0 aromatic rings. The quantitative estimate of drug-likeness (QED) is 0.611. The Morgan fingerprint density at radius 1 is 1.43 bits per heavy atom. The van der Waals surface area contributed by atoms with Crippen LogP contribution in [-0.2, 0) is 14.3 Å². The lowest BCUT2D eigenvalue weighted by Crippen LogP contribution is -2.35. The predicted octanol–water partition coefficient (Wildman–Crippen LogP) is 1.68. The molecule has 4 nitrogen and oxygen atoms in total. The van der Waals surface area contributed by atoms with Crippen LogP contribution >= 0.6 is 0 Å². The average Bonchev–Trinajstić information content (AvgIpc) is 2.13. The molecular weight excluding hydrogens is 184 g/mol. The molecule has 0 saturated heterocycles. The maximum Gasteiger partial charge on any atom is 0.335 e. The largest absolute Gasteiger partial charge is 0.479 e. The van der Waals surface area contributed by atoms with Crippen LogP contribution in [0.3, 0.4) is 0 Å². The molecule has 0 spiro atoms. The summed E-state index contributed by atoms with van der Waals surface area (Å²) in [6.07, 6.45) is 1.95. The lowest BCUT2D eigenvalue weighted by atomic mass is 10.2. The fraction of sp³-hybridized carbons (Fsp3) is 0.900. The number of ether oxygens (including phenoxy) is 2. The maximum absolute atomic E-state index is 10.7. The van der Waals surface area contributed by atoms with E-state index in [1.54, 1.807) is 6.92 Å².